The molecule has 1 saturated heterocycles. The molecule has 26 heavy (non-hydrogen) atoms. The van der Waals surface area contributed by atoms with Gasteiger partial charge in [-0.15, -0.1) is 0 Å². The first-order chi connectivity index (χ1) is 12.1. The van der Waals surface area contributed by atoms with Gasteiger partial charge in [0.15, 0.2) is 0 Å². The number of alkyl halides is 3. The molecule has 10 heteroatoms. The van der Waals surface area contributed by atoms with Crippen molar-refractivity contribution in [3.63, 3.8) is 0 Å². The lowest BCUT2D eigenvalue weighted by Crippen LogP contribution is -2.32. The van der Waals surface area contributed by atoms with Crippen molar-refractivity contribution in [1.82, 2.24) is 4.31 Å². The molecule has 1 aromatic rings. The molecule has 0 bridgehead atoms. The molecule has 0 spiro atoms. The van der Waals surface area contributed by atoms with Gasteiger partial charge in [0.25, 0.3) is 0 Å². The van der Waals surface area contributed by atoms with Crippen LogP contribution in [0.15, 0.2) is 23.1 Å². The summed E-state index contributed by atoms with van der Waals surface area (Å²) in [7, 11) is -2.52. The summed E-state index contributed by atoms with van der Waals surface area (Å²) in [5.74, 6) is -1.21. The van der Waals surface area contributed by atoms with E-state index in [9.17, 15) is 26.4 Å². The van der Waals surface area contributed by atoms with Gasteiger partial charge in [-0.1, -0.05) is 12.8 Å². The summed E-state index contributed by atoms with van der Waals surface area (Å²) in [5, 5.41) is 2.08. The van der Waals surface area contributed by atoms with Gasteiger partial charge in [-0.2, -0.15) is 17.5 Å². The molecule has 0 unspecified atom stereocenters. The number of halogens is 3. The van der Waals surface area contributed by atoms with Gasteiger partial charge in [0.2, 0.25) is 15.9 Å². The van der Waals surface area contributed by atoms with E-state index < -0.39 is 28.5 Å². The lowest BCUT2D eigenvalue weighted by atomic mass is 10.2. The Morgan fingerprint density at radius 3 is 2.35 bits per heavy atom. The Balaban J connectivity index is 2.28. The number of rotatable bonds is 5. The molecule has 1 amide bonds. The van der Waals surface area contributed by atoms with Crippen molar-refractivity contribution < 1.29 is 31.1 Å². The molecule has 0 saturated carbocycles. The minimum Gasteiger partial charge on any atom is -0.495 e. The number of ether oxygens (including phenoxy) is 1. The lowest BCUT2D eigenvalue weighted by molar-refractivity contribution is -0.150. The summed E-state index contributed by atoms with van der Waals surface area (Å²) in [4.78, 5) is 11.5. The van der Waals surface area contributed by atoms with Crippen molar-refractivity contribution in [3.05, 3.63) is 18.2 Å². The monoisotopic (exact) mass is 394 g/mol. The topological polar surface area (TPSA) is 75.7 Å². The van der Waals surface area contributed by atoms with Gasteiger partial charge in [-0.25, -0.2) is 8.42 Å². The van der Waals surface area contributed by atoms with Gasteiger partial charge in [-0.05, 0) is 31.0 Å². The number of carbonyl (C=O) groups excluding carboxylic acids is 1. The smallest absolute Gasteiger partial charge is 0.397 e. The van der Waals surface area contributed by atoms with Gasteiger partial charge >= 0.3 is 6.18 Å². The molecule has 1 aliphatic heterocycles. The minimum atomic E-state index is -4.66. The Bertz CT molecular complexity index is 742. The highest BCUT2D eigenvalue weighted by Crippen LogP contribution is 2.30. The second-order valence-electron chi connectivity index (χ2n) is 6.02. The van der Waals surface area contributed by atoms with E-state index in [1.807, 2.05) is 0 Å². The van der Waals surface area contributed by atoms with Crippen LogP contribution in [0.4, 0.5) is 18.9 Å². The van der Waals surface area contributed by atoms with E-state index in [0.29, 0.717) is 13.1 Å². The SMILES string of the molecule is COc1ccc(S(=O)(=O)N2CCCCCC2)cc1NC(=O)CC(F)(F)F. The fourth-order valence-electron chi connectivity index (χ4n) is 2.75. The van der Waals surface area contributed by atoms with Gasteiger partial charge in [0.05, 0.1) is 17.7 Å². The average molecular weight is 394 g/mol. The van der Waals surface area contributed by atoms with Crippen LogP contribution in [-0.2, 0) is 14.8 Å². The number of nitrogens with zero attached hydrogens (tertiary/aromatic N) is 1. The van der Waals surface area contributed by atoms with Crippen LogP contribution in [0.2, 0.25) is 0 Å². The lowest BCUT2D eigenvalue weighted by Gasteiger charge is -2.21. The molecule has 1 aromatic carbocycles. The zero-order valence-electron chi connectivity index (χ0n) is 14.3. The van der Waals surface area contributed by atoms with E-state index in [-0.39, 0.29) is 16.3 Å². The molecule has 1 fully saturated rings. The maximum absolute atomic E-state index is 12.8. The first-order valence-electron chi connectivity index (χ1n) is 8.18. The molecule has 1 heterocycles. The number of hydrogen-bond donors (Lipinski definition) is 1. The molecule has 2 rings (SSSR count). The molecule has 146 valence electrons. The third kappa shape index (κ3) is 5.34. The van der Waals surface area contributed by atoms with Crippen molar-refractivity contribution in [3.8, 4) is 5.75 Å². The van der Waals surface area contributed by atoms with Crippen LogP contribution < -0.4 is 10.1 Å². The van der Waals surface area contributed by atoms with Crippen LogP contribution in [-0.4, -0.2) is 45.0 Å². The van der Waals surface area contributed by atoms with Gasteiger partial charge in [0.1, 0.15) is 12.2 Å². The predicted octanol–water partition coefficient (Wildman–Crippen LogP) is 3.15. The Morgan fingerprint density at radius 2 is 1.81 bits per heavy atom. The second-order valence-corrected chi connectivity index (χ2v) is 7.96. The maximum Gasteiger partial charge on any atom is 0.397 e. The summed E-state index contributed by atoms with van der Waals surface area (Å²) < 4.78 is 69.0. The Morgan fingerprint density at radius 1 is 1.19 bits per heavy atom. The molecule has 1 aliphatic rings. The highest BCUT2D eigenvalue weighted by atomic mass is 32.2. The largest absolute Gasteiger partial charge is 0.495 e. The number of hydrogen-bond acceptors (Lipinski definition) is 4. The van der Waals surface area contributed by atoms with Gasteiger partial charge < -0.3 is 10.1 Å². The molecular weight excluding hydrogens is 373 g/mol. The number of amides is 1. The van der Waals surface area contributed by atoms with Crippen molar-refractivity contribution in [2.75, 3.05) is 25.5 Å². The highest BCUT2D eigenvalue weighted by Gasteiger charge is 2.32. The molecule has 6 nitrogen and oxygen atoms in total. The van der Waals surface area contributed by atoms with E-state index in [4.69, 9.17) is 4.74 Å². The van der Waals surface area contributed by atoms with Crippen molar-refractivity contribution >= 4 is 21.6 Å². The second kappa shape index (κ2) is 8.26. The Labute approximate surface area is 150 Å². The van der Waals surface area contributed by atoms with Crippen molar-refractivity contribution in [2.45, 2.75) is 43.2 Å². The third-order valence-electron chi connectivity index (χ3n) is 4.01. The minimum absolute atomic E-state index is 0.0790. The Kier molecular flexibility index (Phi) is 6.51. The molecular formula is C16H21F3N2O4S. The first-order valence-corrected chi connectivity index (χ1v) is 9.62. The van der Waals surface area contributed by atoms with E-state index >= 15 is 0 Å². The molecule has 1 N–H and O–H groups in total. The normalized spacial score (nSPS) is 16.8. The molecule has 0 atom stereocenters. The quantitative estimate of drug-likeness (QED) is 0.833. The van der Waals surface area contributed by atoms with Gasteiger partial charge in [-0.3, -0.25) is 4.79 Å². The average Bonchev–Trinajstić information content (AvgIpc) is 2.82. The maximum atomic E-state index is 12.8. The summed E-state index contributed by atoms with van der Waals surface area (Å²) in [6, 6.07) is 3.76. The highest BCUT2D eigenvalue weighted by molar-refractivity contribution is 7.89. The summed E-state index contributed by atoms with van der Waals surface area (Å²) in [5.41, 5.74) is -0.113. The van der Waals surface area contributed by atoms with Crippen molar-refractivity contribution in [2.24, 2.45) is 0 Å². The molecule has 0 aromatic heterocycles. The van der Waals surface area contributed by atoms with E-state index in [2.05, 4.69) is 5.32 Å². The predicted molar refractivity (Wildman–Crippen MR) is 89.5 cm³/mol. The fourth-order valence-corrected chi connectivity index (χ4v) is 4.30. The van der Waals surface area contributed by atoms with Crippen LogP contribution in [0.25, 0.3) is 0 Å². The summed E-state index contributed by atoms with van der Waals surface area (Å²) in [6.45, 7) is 0.786. The van der Waals surface area contributed by atoms with Crippen LogP contribution >= 0.6 is 0 Å². The third-order valence-corrected chi connectivity index (χ3v) is 5.90. The van der Waals surface area contributed by atoms with E-state index in [1.165, 1.54) is 23.5 Å². The number of benzene rings is 1. The van der Waals surface area contributed by atoms with E-state index in [0.717, 1.165) is 31.7 Å². The fraction of sp³-hybridized carbons (Fsp3) is 0.562. The number of sulfonamides is 1. The zero-order valence-corrected chi connectivity index (χ0v) is 15.1. The standard InChI is InChI=1S/C16H21F3N2O4S/c1-25-14-7-6-12(10-13(14)20-15(22)11-16(17,18)19)26(23,24)21-8-4-2-3-5-9-21/h6-7,10H,2-5,8-9,11H2,1H3,(H,20,22). The van der Waals surface area contributed by atoms with Crippen LogP contribution in [0.5, 0.6) is 5.75 Å². The number of carbonyl (C=O) groups is 1. The summed E-state index contributed by atoms with van der Waals surface area (Å²) >= 11 is 0. The molecule has 0 aliphatic carbocycles. The van der Waals surface area contributed by atoms with Crippen LogP contribution in [0, 0.1) is 0 Å². The first kappa shape index (κ1) is 20.5. The zero-order chi connectivity index (χ0) is 19.4. The van der Waals surface area contributed by atoms with Crippen LogP contribution in [0.3, 0.4) is 0 Å². The molecule has 0 radical (unpaired) electrons. The Hall–Kier alpha value is -1.81. The number of anilines is 1. The summed E-state index contributed by atoms with van der Waals surface area (Å²) in [6.07, 6.45) is -2.91. The van der Waals surface area contributed by atoms with Crippen molar-refractivity contribution in [1.29, 1.82) is 0 Å². The van der Waals surface area contributed by atoms with Crippen LogP contribution in [0.1, 0.15) is 32.1 Å². The number of methoxy groups -OCH3 is 1. The van der Waals surface area contributed by atoms with Gasteiger partial charge in [0, 0.05) is 13.1 Å². The number of nitrogens with one attached hydrogen (secondary N) is 1. The van der Waals surface area contributed by atoms with E-state index in [1.54, 1.807) is 0 Å².